The first-order chi connectivity index (χ1) is 7.62. The molecule has 0 aromatic rings. The molecule has 0 radical (unpaired) electrons. The fourth-order valence-electron chi connectivity index (χ4n) is 1.39. The zero-order chi connectivity index (χ0) is 12.8. The van der Waals surface area contributed by atoms with Crippen molar-refractivity contribution >= 4 is 0 Å². The molecule has 0 bridgehead atoms. The van der Waals surface area contributed by atoms with Gasteiger partial charge in [0.1, 0.15) is 0 Å². The molecule has 2 atom stereocenters. The van der Waals surface area contributed by atoms with Crippen molar-refractivity contribution in [3.8, 4) is 0 Å². The summed E-state index contributed by atoms with van der Waals surface area (Å²) in [6, 6.07) is 0. The molecule has 2 unspecified atom stereocenters. The van der Waals surface area contributed by atoms with Crippen molar-refractivity contribution < 1.29 is 19.5 Å². The van der Waals surface area contributed by atoms with Crippen LogP contribution in [0.1, 0.15) is 79.1 Å². The van der Waals surface area contributed by atoms with Crippen LogP contribution in [0.15, 0.2) is 0 Å². The quantitative estimate of drug-likeness (QED) is 0.376. The van der Waals surface area contributed by atoms with E-state index in [-0.39, 0.29) is 19.5 Å². The van der Waals surface area contributed by atoms with Gasteiger partial charge in [0, 0.05) is 0 Å². The molecule has 0 amide bonds. The van der Waals surface area contributed by atoms with Crippen molar-refractivity contribution in [1.82, 2.24) is 0 Å². The molecular weight excluding hydrogens is 258 g/mol. The van der Waals surface area contributed by atoms with Crippen LogP contribution < -0.4 is 0 Å². The SMILES string of the molecule is [CH2-]CC(C)CCCC.[CH2-]CC(C)CCCC.[Zn+2]. The van der Waals surface area contributed by atoms with E-state index < -0.39 is 0 Å². The molecule has 0 aliphatic carbocycles. The van der Waals surface area contributed by atoms with E-state index in [0.717, 1.165) is 24.7 Å². The van der Waals surface area contributed by atoms with Gasteiger partial charge in [0.15, 0.2) is 0 Å². The van der Waals surface area contributed by atoms with E-state index in [0.29, 0.717) is 0 Å². The van der Waals surface area contributed by atoms with Crippen LogP contribution in [0.5, 0.6) is 0 Å². The van der Waals surface area contributed by atoms with Crippen LogP contribution in [0.4, 0.5) is 0 Å². The summed E-state index contributed by atoms with van der Waals surface area (Å²) in [5.41, 5.74) is 0. The normalized spacial score (nSPS) is 13.1. The summed E-state index contributed by atoms with van der Waals surface area (Å²) in [7, 11) is 0. The van der Waals surface area contributed by atoms with E-state index in [4.69, 9.17) is 0 Å². The van der Waals surface area contributed by atoms with Gasteiger partial charge in [-0.05, 0) is 0 Å². The monoisotopic (exact) mass is 290 g/mol. The third-order valence-corrected chi connectivity index (χ3v) is 3.09. The van der Waals surface area contributed by atoms with Crippen molar-refractivity contribution in [2.24, 2.45) is 11.8 Å². The Morgan fingerprint density at radius 3 is 1.24 bits per heavy atom. The van der Waals surface area contributed by atoms with Crippen molar-refractivity contribution in [1.29, 1.82) is 0 Å². The summed E-state index contributed by atoms with van der Waals surface area (Å²) < 4.78 is 0. The maximum atomic E-state index is 3.84. The van der Waals surface area contributed by atoms with E-state index in [1.54, 1.807) is 0 Å². The van der Waals surface area contributed by atoms with Crippen LogP contribution in [0.2, 0.25) is 0 Å². The Bertz CT molecular complexity index is 98.1. The van der Waals surface area contributed by atoms with Crippen molar-refractivity contribution in [2.45, 2.75) is 79.1 Å². The smallest absolute Gasteiger partial charge is 0.343 e. The van der Waals surface area contributed by atoms with E-state index in [9.17, 15) is 0 Å². The van der Waals surface area contributed by atoms with Crippen LogP contribution in [-0.4, -0.2) is 0 Å². The van der Waals surface area contributed by atoms with Crippen molar-refractivity contribution in [2.75, 3.05) is 0 Å². The number of hydrogen-bond donors (Lipinski definition) is 0. The topological polar surface area (TPSA) is 0 Å². The summed E-state index contributed by atoms with van der Waals surface area (Å²) in [6.45, 7) is 16.7. The Hall–Kier alpha value is 0.623. The molecule has 0 aromatic carbocycles. The van der Waals surface area contributed by atoms with Crippen molar-refractivity contribution in [3.63, 3.8) is 0 Å². The first-order valence-electron chi connectivity index (χ1n) is 7.20. The second-order valence-electron chi connectivity index (χ2n) is 5.07. The second kappa shape index (κ2) is 19.0. The van der Waals surface area contributed by atoms with Gasteiger partial charge >= 0.3 is 19.5 Å². The molecule has 0 aromatic heterocycles. The molecule has 0 saturated carbocycles. The second-order valence-corrected chi connectivity index (χ2v) is 5.07. The fourth-order valence-corrected chi connectivity index (χ4v) is 1.39. The van der Waals surface area contributed by atoms with Crippen LogP contribution in [0, 0.1) is 25.7 Å². The minimum Gasteiger partial charge on any atom is -0.343 e. The zero-order valence-corrected chi connectivity index (χ0v) is 15.9. The molecular formula is C16H34Zn. The Morgan fingerprint density at radius 2 is 1.06 bits per heavy atom. The summed E-state index contributed by atoms with van der Waals surface area (Å²) in [5, 5.41) is 0. The Labute approximate surface area is 124 Å². The molecule has 100 valence electrons. The molecule has 0 heterocycles. The van der Waals surface area contributed by atoms with Gasteiger partial charge in [-0.25, -0.2) is 0 Å². The van der Waals surface area contributed by atoms with E-state index >= 15 is 0 Å². The van der Waals surface area contributed by atoms with Gasteiger partial charge in [-0.3, -0.25) is 0 Å². The number of rotatable bonds is 8. The maximum Gasteiger partial charge on any atom is 2.00 e. The van der Waals surface area contributed by atoms with E-state index in [1.165, 1.54) is 38.5 Å². The molecule has 1 heteroatoms. The van der Waals surface area contributed by atoms with Crippen LogP contribution in [0.25, 0.3) is 0 Å². The molecule has 0 nitrogen and oxygen atoms in total. The molecule has 17 heavy (non-hydrogen) atoms. The minimum absolute atomic E-state index is 0. The predicted octanol–water partition coefficient (Wildman–Crippen LogP) is 6.07. The molecule has 0 N–H and O–H groups in total. The average Bonchev–Trinajstić information content (AvgIpc) is 2.33. The summed E-state index contributed by atoms with van der Waals surface area (Å²) in [6.07, 6.45) is 10.3. The fraction of sp³-hybridized carbons (Fsp3) is 0.875. The van der Waals surface area contributed by atoms with E-state index in [2.05, 4.69) is 41.5 Å². The first-order valence-corrected chi connectivity index (χ1v) is 7.20. The first kappa shape index (κ1) is 22.8. The van der Waals surface area contributed by atoms with Gasteiger partial charge in [0.25, 0.3) is 0 Å². The largest absolute Gasteiger partial charge is 2.00 e. The van der Waals surface area contributed by atoms with Gasteiger partial charge in [-0.2, -0.15) is 12.8 Å². The van der Waals surface area contributed by atoms with Crippen molar-refractivity contribution in [3.05, 3.63) is 13.8 Å². The van der Waals surface area contributed by atoms with Crippen LogP contribution in [-0.2, 0) is 19.5 Å². The average molecular weight is 292 g/mol. The molecule has 0 spiro atoms. The van der Waals surface area contributed by atoms with Crippen LogP contribution >= 0.6 is 0 Å². The number of unbranched alkanes of at least 4 members (excludes halogenated alkanes) is 2. The third-order valence-electron chi connectivity index (χ3n) is 3.09. The Kier molecular flexibility index (Phi) is 25.4. The van der Waals surface area contributed by atoms with Gasteiger partial charge in [0.2, 0.25) is 0 Å². The van der Waals surface area contributed by atoms with Gasteiger partial charge in [-0.1, -0.05) is 78.1 Å². The van der Waals surface area contributed by atoms with Gasteiger partial charge in [-0.15, -0.1) is 0 Å². The zero-order valence-electron chi connectivity index (χ0n) is 12.9. The minimum atomic E-state index is 0. The van der Waals surface area contributed by atoms with Crippen LogP contribution in [0.3, 0.4) is 0 Å². The molecule has 0 saturated heterocycles. The third kappa shape index (κ3) is 22.3. The molecule has 0 fully saturated rings. The summed E-state index contributed by atoms with van der Waals surface area (Å²) in [5.74, 6) is 1.69. The van der Waals surface area contributed by atoms with Gasteiger partial charge in [0.05, 0.1) is 0 Å². The van der Waals surface area contributed by atoms with Gasteiger partial charge < -0.3 is 13.8 Å². The predicted molar refractivity (Wildman–Crippen MR) is 77.3 cm³/mol. The summed E-state index contributed by atoms with van der Waals surface area (Å²) >= 11 is 0. The van der Waals surface area contributed by atoms with E-state index in [1.807, 2.05) is 0 Å². The Morgan fingerprint density at radius 1 is 0.765 bits per heavy atom. The standard InChI is InChI=1S/2C8H17.Zn/c2*1-4-6-7-8(3)5-2;/h2*8H,2,4-7H2,1,3H3;/q2*-1;+2. The summed E-state index contributed by atoms with van der Waals surface area (Å²) in [4.78, 5) is 0. The molecule has 0 rings (SSSR count). The molecule has 0 aliphatic rings. The Balaban J connectivity index is -0.000000218. The number of hydrogen-bond acceptors (Lipinski definition) is 0. The molecule has 0 aliphatic heterocycles. The maximum absolute atomic E-state index is 3.84.